The summed E-state index contributed by atoms with van der Waals surface area (Å²) < 4.78 is 12.7. The maximum absolute atomic E-state index is 12.7. The minimum absolute atomic E-state index is 0.281. The molecule has 2 aromatic rings. The summed E-state index contributed by atoms with van der Waals surface area (Å²) in [5, 5.41) is 9.45. The lowest BCUT2D eigenvalue weighted by molar-refractivity contribution is 0.628. The summed E-state index contributed by atoms with van der Waals surface area (Å²) in [6, 6.07) is 9.91. The van der Waals surface area contributed by atoms with Crippen LogP contribution in [0.25, 0.3) is 0 Å². The predicted molar refractivity (Wildman–Crippen MR) is 82.3 cm³/mol. The third-order valence-corrected chi connectivity index (χ3v) is 3.48. The third-order valence-electron chi connectivity index (χ3n) is 2.31. The normalized spacial score (nSPS) is 11.2. The van der Waals surface area contributed by atoms with Crippen molar-refractivity contribution in [1.29, 1.82) is 0 Å². The molecule has 1 heterocycles. The molecule has 3 nitrogen and oxygen atoms in total. The number of hydrazone groups is 1. The van der Waals surface area contributed by atoms with E-state index in [9.17, 15) is 4.39 Å². The highest BCUT2D eigenvalue weighted by molar-refractivity contribution is 7.80. The Kier molecular flexibility index (Phi) is 4.59. The number of thiophene rings is 1. The van der Waals surface area contributed by atoms with Gasteiger partial charge in [-0.1, -0.05) is 6.07 Å². The lowest BCUT2D eigenvalue weighted by atomic mass is 10.3. The van der Waals surface area contributed by atoms with Gasteiger partial charge in [-0.25, -0.2) is 4.39 Å². The standard InChI is InChI=1S/C13H12FN3S2/c1-9(12-3-2-8-19-12)16-17-13(18)15-11-6-4-10(14)5-7-11/h2-8H,1H3,(H2,15,17,18)/b16-9-. The molecule has 0 saturated carbocycles. The first-order valence-electron chi connectivity index (χ1n) is 5.56. The minimum Gasteiger partial charge on any atom is -0.331 e. The lowest BCUT2D eigenvalue weighted by Gasteiger charge is -2.07. The van der Waals surface area contributed by atoms with Crippen molar-refractivity contribution in [1.82, 2.24) is 5.43 Å². The second-order valence-electron chi connectivity index (χ2n) is 3.75. The molecule has 0 aliphatic carbocycles. The summed E-state index contributed by atoms with van der Waals surface area (Å²) in [6.45, 7) is 1.90. The molecule has 1 aromatic carbocycles. The van der Waals surface area contributed by atoms with Crippen LogP contribution in [0.15, 0.2) is 46.9 Å². The maximum Gasteiger partial charge on any atom is 0.191 e. The van der Waals surface area contributed by atoms with Gasteiger partial charge in [-0.05, 0) is 54.9 Å². The van der Waals surface area contributed by atoms with Crippen molar-refractivity contribution in [3.8, 4) is 0 Å². The Bertz CT molecular complexity index is 576. The molecule has 0 bridgehead atoms. The van der Waals surface area contributed by atoms with Gasteiger partial charge in [-0.3, -0.25) is 5.43 Å². The van der Waals surface area contributed by atoms with Gasteiger partial charge in [0, 0.05) is 10.6 Å². The Hall–Kier alpha value is -1.79. The molecule has 0 saturated heterocycles. The van der Waals surface area contributed by atoms with E-state index in [1.54, 1.807) is 23.5 Å². The van der Waals surface area contributed by atoms with Gasteiger partial charge < -0.3 is 5.32 Å². The van der Waals surface area contributed by atoms with Gasteiger partial charge in [0.05, 0.1) is 5.71 Å². The molecule has 0 amide bonds. The minimum atomic E-state index is -0.281. The molecule has 0 atom stereocenters. The number of thiocarbonyl (C=S) groups is 1. The smallest absolute Gasteiger partial charge is 0.191 e. The van der Waals surface area contributed by atoms with Crippen LogP contribution >= 0.6 is 23.6 Å². The number of benzene rings is 1. The third kappa shape index (κ3) is 4.11. The fourth-order valence-electron chi connectivity index (χ4n) is 1.37. The lowest BCUT2D eigenvalue weighted by Crippen LogP contribution is -2.24. The Morgan fingerprint density at radius 3 is 2.63 bits per heavy atom. The number of rotatable bonds is 3. The molecule has 19 heavy (non-hydrogen) atoms. The first kappa shape index (κ1) is 13.6. The van der Waals surface area contributed by atoms with E-state index in [-0.39, 0.29) is 5.82 Å². The van der Waals surface area contributed by atoms with Crippen molar-refractivity contribution in [2.75, 3.05) is 5.32 Å². The van der Waals surface area contributed by atoms with Crippen molar-refractivity contribution in [2.45, 2.75) is 6.92 Å². The number of hydrogen-bond acceptors (Lipinski definition) is 3. The zero-order chi connectivity index (χ0) is 13.7. The summed E-state index contributed by atoms with van der Waals surface area (Å²) >= 11 is 6.71. The van der Waals surface area contributed by atoms with E-state index in [4.69, 9.17) is 12.2 Å². The van der Waals surface area contributed by atoms with Crippen LogP contribution in [-0.4, -0.2) is 10.8 Å². The van der Waals surface area contributed by atoms with Gasteiger partial charge in [0.25, 0.3) is 0 Å². The summed E-state index contributed by atoms with van der Waals surface area (Å²) in [5.74, 6) is -0.281. The van der Waals surface area contributed by atoms with Crippen LogP contribution in [0.2, 0.25) is 0 Å². The van der Waals surface area contributed by atoms with Gasteiger partial charge in [-0.15, -0.1) is 11.3 Å². The summed E-state index contributed by atoms with van der Waals surface area (Å²) in [7, 11) is 0. The molecule has 0 unspecified atom stereocenters. The van der Waals surface area contributed by atoms with Gasteiger partial charge >= 0.3 is 0 Å². The molecular formula is C13H12FN3S2. The first-order valence-corrected chi connectivity index (χ1v) is 6.84. The molecule has 1 aromatic heterocycles. The van der Waals surface area contributed by atoms with E-state index in [1.165, 1.54) is 12.1 Å². The molecule has 6 heteroatoms. The fraction of sp³-hybridized carbons (Fsp3) is 0.0769. The van der Waals surface area contributed by atoms with Crippen molar-refractivity contribution >= 4 is 40.1 Å². The first-order chi connectivity index (χ1) is 9.15. The van der Waals surface area contributed by atoms with Crippen molar-refractivity contribution in [3.05, 3.63) is 52.5 Å². The molecule has 98 valence electrons. The van der Waals surface area contributed by atoms with Crippen LogP contribution in [0.4, 0.5) is 10.1 Å². The molecule has 0 radical (unpaired) electrons. The van der Waals surface area contributed by atoms with E-state index >= 15 is 0 Å². The quantitative estimate of drug-likeness (QED) is 0.516. The van der Waals surface area contributed by atoms with E-state index in [0.717, 1.165) is 10.6 Å². The van der Waals surface area contributed by atoms with Gasteiger partial charge in [0.15, 0.2) is 5.11 Å². The monoisotopic (exact) mass is 293 g/mol. The van der Waals surface area contributed by atoms with Crippen LogP contribution in [-0.2, 0) is 0 Å². The SMILES string of the molecule is C/C(=N/NC(=S)Nc1ccc(F)cc1)c1cccs1. The zero-order valence-corrected chi connectivity index (χ0v) is 11.8. The molecular weight excluding hydrogens is 281 g/mol. The van der Waals surface area contributed by atoms with Gasteiger partial charge in [-0.2, -0.15) is 5.10 Å². The van der Waals surface area contributed by atoms with Crippen LogP contribution in [0.1, 0.15) is 11.8 Å². The number of nitrogens with zero attached hydrogens (tertiary/aromatic N) is 1. The topological polar surface area (TPSA) is 36.4 Å². The Morgan fingerprint density at radius 1 is 1.26 bits per heavy atom. The second kappa shape index (κ2) is 6.40. The average Bonchev–Trinajstić information content (AvgIpc) is 2.93. The van der Waals surface area contributed by atoms with Crippen LogP contribution in [0.3, 0.4) is 0 Å². The summed E-state index contributed by atoms with van der Waals surface area (Å²) in [6.07, 6.45) is 0. The Balaban J connectivity index is 1.91. The maximum atomic E-state index is 12.7. The number of hydrogen-bond donors (Lipinski definition) is 2. The van der Waals surface area contributed by atoms with Crippen molar-refractivity contribution < 1.29 is 4.39 Å². The van der Waals surface area contributed by atoms with E-state index in [2.05, 4.69) is 15.8 Å². The van der Waals surface area contributed by atoms with Crippen molar-refractivity contribution in [3.63, 3.8) is 0 Å². The van der Waals surface area contributed by atoms with Gasteiger partial charge in [0.2, 0.25) is 0 Å². The molecule has 0 aliphatic heterocycles. The van der Waals surface area contributed by atoms with Crippen molar-refractivity contribution in [2.24, 2.45) is 5.10 Å². The number of halogens is 1. The Labute approximate surface area is 120 Å². The van der Waals surface area contributed by atoms with Gasteiger partial charge in [0.1, 0.15) is 5.82 Å². The summed E-state index contributed by atoms with van der Waals surface area (Å²) in [5.41, 5.74) is 4.33. The number of anilines is 1. The fourth-order valence-corrected chi connectivity index (χ4v) is 2.21. The van der Waals surface area contributed by atoms with Crippen LogP contribution < -0.4 is 10.7 Å². The average molecular weight is 293 g/mol. The highest BCUT2D eigenvalue weighted by atomic mass is 32.1. The number of nitrogens with one attached hydrogen (secondary N) is 2. The highest BCUT2D eigenvalue weighted by Crippen LogP contribution is 2.10. The molecule has 0 fully saturated rings. The highest BCUT2D eigenvalue weighted by Gasteiger charge is 2.00. The molecule has 2 rings (SSSR count). The van der Waals surface area contributed by atoms with Crippen LogP contribution in [0, 0.1) is 5.82 Å². The molecule has 0 spiro atoms. The molecule has 2 N–H and O–H groups in total. The Morgan fingerprint density at radius 2 is 2.00 bits per heavy atom. The predicted octanol–water partition coefficient (Wildman–Crippen LogP) is 3.60. The van der Waals surface area contributed by atoms with E-state index in [1.807, 2.05) is 24.4 Å². The largest absolute Gasteiger partial charge is 0.331 e. The summed E-state index contributed by atoms with van der Waals surface area (Å²) in [4.78, 5) is 1.08. The van der Waals surface area contributed by atoms with E-state index in [0.29, 0.717) is 10.8 Å². The second-order valence-corrected chi connectivity index (χ2v) is 5.10. The zero-order valence-electron chi connectivity index (χ0n) is 10.2. The van der Waals surface area contributed by atoms with E-state index < -0.39 is 0 Å². The van der Waals surface area contributed by atoms with Crippen LogP contribution in [0.5, 0.6) is 0 Å². The molecule has 0 aliphatic rings.